The van der Waals surface area contributed by atoms with Crippen molar-refractivity contribution < 1.29 is 9.90 Å². The number of aromatic nitrogens is 1. The number of pyridine rings is 1. The van der Waals surface area contributed by atoms with Crippen molar-refractivity contribution in [3.63, 3.8) is 0 Å². The van der Waals surface area contributed by atoms with Crippen LogP contribution in [0.5, 0.6) is 0 Å². The summed E-state index contributed by atoms with van der Waals surface area (Å²) < 4.78 is 0. The molecule has 2 fully saturated rings. The minimum Gasteiger partial charge on any atom is -0.393 e. The molecule has 2 aromatic rings. The van der Waals surface area contributed by atoms with Crippen LogP contribution in [0.2, 0.25) is 10.0 Å². The zero-order valence-corrected chi connectivity index (χ0v) is 14.9. The van der Waals surface area contributed by atoms with Gasteiger partial charge in [0.1, 0.15) is 0 Å². The van der Waals surface area contributed by atoms with E-state index in [0.29, 0.717) is 22.2 Å². The SMILES string of the molecule is O=C(Nc1ccc(Cl)c(Cl)c1)[C@H]1[C@H]2C[C@@H]([C@H]1c1ccncc1)[C@H](O)C2. The number of amides is 1. The third-order valence-corrected chi connectivity index (χ3v) is 6.29. The molecule has 5 atom stereocenters. The van der Waals surface area contributed by atoms with E-state index in [1.54, 1.807) is 30.6 Å². The van der Waals surface area contributed by atoms with Crippen LogP contribution in [0.1, 0.15) is 24.3 Å². The first-order valence-electron chi connectivity index (χ1n) is 8.38. The highest BCUT2D eigenvalue weighted by atomic mass is 35.5. The summed E-state index contributed by atoms with van der Waals surface area (Å²) in [7, 11) is 0. The van der Waals surface area contributed by atoms with Gasteiger partial charge in [-0.05, 0) is 60.6 Å². The lowest BCUT2D eigenvalue weighted by molar-refractivity contribution is -0.122. The number of nitrogens with zero attached hydrogens (tertiary/aromatic N) is 1. The van der Waals surface area contributed by atoms with Crippen LogP contribution in [-0.4, -0.2) is 22.1 Å². The largest absolute Gasteiger partial charge is 0.393 e. The fourth-order valence-corrected chi connectivity index (χ4v) is 4.84. The average Bonchev–Trinajstić information content (AvgIpc) is 3.16. The van der Waals surface area contributed by atoms with Gasteiger partial charge in [0.15, 0.2) is 0 Å². The first-order valence-corrected chi connectivity index (χ1v) is 9.14. The van der Waals surface area contributed by atoms with Gasteiger partial charge in [-0.3, -0.25) is 9.78 Å². The Morgan fingerprint density at radius 1 is 1.12 bits per heavy atom. The van der Waals surface area contributed by atoms with E-state index < -0.39 is 0 Å². The molecule has 0 spiro atoms. The molecule has 0 aliphatic heterocycles. The fraction of sp³-hybridized carbons (Fsp3) is 0.368. The number of halogens is 2. The van der Waals surface area contributed by atoms with Gasteiger partial charge < -0.3 is 10.4 Å². The molecule has 0 unspecified atom stereocenters. The van der Waals surface area contributed by atoms with Crippen LogP contribution in [0.25, 0.3) is 0 Å². The van der Waals surface area contributed by atoms with Gasteiger partial charge in [-0.15, -0.1) is 0 Å². The fourth-order valence-electron chi connectivity index (χ4n) is 4.54. The van der Waals surface area contributed by atoms with Gasteiger partial charge in [-0.1, -0.05) is 23.2 Å². The Bertz CT molecular complexity index is 799. The lowest BCUT2D eigenvalue weighted by atomic mass is 9.74. The second-order valence-corrected chi connectivity index (χ2v) is 7.73. The highest BCUT2D eigenvalue weighted by Crippen LogP contribution is 2.56. The molecule has 2 N–H and O–H groups in total. The minimum atomic E-state index is -0.336. The van der Waals surface area contributed by atoms with Crippen LogP contribution in [0, 0.1) is 17.8 Å². The summed E-state index contributed by atoms with van der Waals surface area (Å²) in [6.07, 6.45) is 4.71. The third kappa shape index (κ3) is 3.03. The van der Waals surface area contributed by atoms with Gasteiger partial charge >= 0.3 is 0 Å². The van der Waals surface area contributed by atoms with Crippen LogP contribution in [-0.2, 0) is 4.79 Å². The molecule has 0 saturated heterocycles. The summed E-state index contributed by atoms with van der Waals surface area (Å²) in [6.45, 7) is 0. The van der Waals surface area contributed by atoms with Crippen molar-refractivity contribution in [2.24, 2.45) is 17.8 Å². The Kier molecular flexibility index (Phi) is 4.44. The van der Waals surface area contributed by atoms with Crippen LogP contribution >= 0.6 is 23.2 Å². The van der Waals surface area contributed by atoms with E-state index in [0.717, 1.165) is 12.0 Å². The summed E-state index contributed by atoms with van der Waals surface area (Å²) in [5.41, 5.74) is 1.70. The predicted molar refractivity (Wildman–Crippen MR) is 97.8 cm³/mol. The van der Waals surface area contributed by atoms with E-state index >= 15 is 0 Å². The minimum absolute atomic E-state index is 0.0134. The number of hydrogen-bond donors (Lipinski definition) is 2. The van der Waals surface area contributed by atoms with E-state index in [1.165, 1.54) is 0 Å². The average molecular weight is 377 g/mol. The third-order valence-electron chi connectivity index (χ3n) is 5.55. The monoisotopic (exact) mass is 376 g/mol. The highest BCUT2D eigenvalue weighted by molar-refractivity contribution is 6.42. The number of rotatable bonds is 3. The number of fused-ring (bicyclic) bond motifs is 2. The molecule has 6 heteroatoms. The maximum absolute atomic E-state index is 13.0. The van der Waals surface area contributed by atoms with Gasteiger partial charge in [0.25, 0.3) is 0 Å². The number of aliphatic hydroxyl groups is 1. The number of aliphatic hydroxyl groups excluding tert-OH is 1. The Morgan fingerprint density at radius 3 is 2.60 bits per heavy atom. The molecule has 25 heavy (non-hydrogen) atoms. The van der Waals surface area contributed by atoms with Crippen LogP contribution < -0.4 is 5.32 Å². The van der Waals surface area contributed by atoms with Crippen molar-refractivity contribution in [1.29, 1.82) is 0 Å². The summed E-state index contributed by atoms with van der Waals surface area (Å²) in [6, 6.07) is 8.96. The van der Waals surface area contributed by atoms with Gasteiger partial charge in [-0.25, -0.2) is 0 Å². The van der Waals surface area contributed by atoms with Crippen LogP contribution in [0.4, 0.5) is 5.69 Å². The van der Waals surface area contributed by atoms with Crippen molar-refractivity contribution in [3.8, 4) is 0 Å². The Hall–Kier alpha value is -1.62. The summed E-state index contributed by atoms with van der Waals surface area (Å²) in [5.74, 6) is 0.141. The molecule has 0 radical (unpaired) electrons. The number of hydrogen-bond acceptors (Lipinski definition) is 3. The highest BCUT2D eigenvalue weighted by Gasteiger charge is 2.55. The molecule has 1 aromatic heterocycles. The predicted octanol–water partition coefficient (Wildman–Crippen LogP) is 4.13. The summed E-state index contributed by atoms with van der Waals surface area (Å²) >= 11 is 12.0. The maximum atomic E-state index is 13.0. The van der Waals surface area contributed by atoms with E-state index in [2.05, 4.69) is 10.3 Å². The van der Waals surface area contributed by atoms with Crippen molar-refractivity contribution in [2.45, 2.75) is 24.9 Å². The van der Waals surface area contributed by atoms with Crippen LogP contribution in [0.15, 0.2) is 42.7 Å². The molecule has 1 heterocycles. The van der Waals surface area contributed by atoms with Gasteiger partial charge in [0.05, 0.1) is 16.1 Å². The smallest absolute Gasteiger partial charge is 0.228 e. The van der Waals surface area contributed by atoms with Gasteiger partial charge in [0, 0.05) is 29.9 Å². The molecular weight excluding hydrogens is 359 g/mol. The molecule has 4 nitrogen and oxygen atoms in total. The topological polar surface area (TPSA) is 62.2 Å². The summed E-state index contributed by atoms with van der Waals surface area (Å²) in [4.78, 5) is 17.1. The van der Waals surface area contributed by atoms with E-state index in [9.17, 15) is 9.90 Å². The van der Waals surface area contributed by atoms with Crippen LogP contribution in [0.3, 0.4) is 0 Å². The standard InChI is InChI=1S/C19H18Cl2N2O2/c20-14-2-1-12(9-15(14)21)23-19(25)18-11-7-13(16(24)8-11)17(18)10-3-5-22-6-4-10/h1-6,9,11,13,16-18,24H,7-8H2,(H,23,25)/t11-,13+,16+,17+,18-/m0/s1. The zero-order valence-electron chi connectivity index (χ0n) is 13.4. The molecule has 2 aliphatic carbocycles. The van der Waals surface area contributed by atoms with Crippen molar-refractivity contribution >= 4 is 34.8 Å². The number of nitrogens with one attached hydrogen (secondary N) is 1. The molecule has 2 saturated carbocycles. The Labute approximate surface area is 156 Å². The van der Waals surface area contributed by atoms with Crippen molar-refractivity contribution in [3.05, 3.63) is 58.3 Å². The molecular formula is C19H18Cl2N2O2. The molecule has 130 valence electrons. The number of anilines is 1. The number of benzene rings is 1. The second kappa shape index (κ2) is 6.60. The lowest BCUT2D eigenvalue weighted by Gasteiger charge is -2.33. The number of carbonyl (C=O) groups excluding carboxylic acids is 1. The van der Waals surface area contributed by atoms with Crippen molar-refractivity contribution in [2.75, 3.05) is 5.32 Å². The summed E-state index contributed by atoms with van der Waals surface area (Å²) in [5, 5.41) is 14.2. The number of carbonyl (C=O) groups is 1. The van der Waals surface area contributed by atoms with Gasteiger partial charge in [-0.2, -0.15) is 0 Å². The molecule has 2 aliphatic rings. The Morgan fingerprint density at radius 2 is 1.88 bits per heavy atom. The first-order chi connectivity index (χ1) is 12.0. The molecule has 1 aromatic carbocycles. The first kappa shape index (κ1) is 16.8. The molecule has 4 rings (SSSR count). The normalized spacial score (nSPS) is 30.4. The zero-order chi connectivity index (χ0) is 17.6. The Balaban J connectivity index is 1.61. The van der Waals surface area contributed by atoms with Crippen molar-refractivity contribution in [1.82, 2.24) is 4.98 Å². The maximum Gasteiger partial charge on any atom is 0.228 e. The van der Waals surface area contributed by atoms with Gasteiger partial charge in [0.2, 0.25) is 5.91 Å². The quantitative estimate of drug-likeness (QED) is 0.846. The molecule has 1 amide bonds. The molecule has 2 bridgehead atoms. The second-order valence-electron chi connectivity index (χ2n) is 6.91. The van der Waals surface area contributed by atoms with E-state index in [4.69, 9.17) is 23.2 Å². The van der Waals surface area contributed by atoms with E-state index in [-0.39, 0.29) is 35.7 Å². The lowest BCUT2D eigenvalue weighted by Crippen LogP contribution is -2.37. The van der Waals surface area contributed by atoms with E-state index in [1.807, 2.05) is 12.1 Å².